The molecular weight excluding hydrogens is 240 g/mol. The van der Waals surface area contributed by atoms with E-state index < -0.39 is 0 Å². The molecule has 1 fully saturated rings. The molecule has 1 aliphatic rings. The summed E-state index contributed by atoms with van der Waals surface area (Å²) in [6, 6.07) is 4.22. The van der Waals surface area contributed by atoms with E-state index in [1.807, 2.05) is 12.1 Å². The highest BCUT2D eigenvalue weighted by Crippen LogP contribution is 2.27. The van der Waals surface area contributed by atoms with E-state index in [4.69, 9.17) is 5.73 Å². The summed E-state index contributed by atoms with van der Waals surface area (Å²) in [5, 5.41) is 0. The molecule has 1 aliphatic heterocycles. The Morgan fingerprint density at radius 3 is 2.74 bits per heavy atom. The van der Waals surface area contributed by atoms with Crippen molar-refractivity contribution in [1.82, 2.24) is 9.88 Å². The third kappa shape index (κ3) is 2.87. The highest BCUT2D eigenvalue weighted by molar-refractivity contribution is 5.93. The molecule has 104 valence electrons. The Kier molecular flexibility index (Phi) is 4.04. The topological polar surface area (TPSA) is 62.5 Å². The second-order valence-electron chi connectivity index (χ2n) is 5.44. The van der Waals surface area contributed by atoms with Gasteiger partial charge in [-0.15, -0.1) is 0 Å². The second kappa shape index (κ2) is 5.57. The normalized spacial score (nSPS) is 22.6. The van der Waals surface area contributed by atoms with Gasteiger partial charge in [-0.25, -0.2) is 4.98 Å². The Hall–Kier alpha value is -1.62. The van der Waals surface area contributed by atoms with Gasteiger partial charge in [-0.2, -0.15) is 0 Å². The van der Waals surface area contributed by atoms with Crippen molar-refractivity contribution in [3.05, 3.63) is 23.9 Å². The number of pyridine rings is 1. The van der Waals surface area contributed by atoms with Crippen molar-refractivity contribution in [1.29, 1.82) is 0 Å². The number of anilines is 1. The smallest absolute Gasteiger partial charge is 0.254 e. The van der Waals surface area contributed by atoms with Crippen LogP contribution in [0.5, 0.6) is 0 Å². The Morgan fingerprint density at radius 1 is 1.53 bits per heavy atom. The highest BCUT2D eigenvalue weighted by atomic mass is 16.2. The van der Waals surface area contributed by atoms with Crippen LogP contribution in [-0.4, -0.2) is 49.0 Å². The van der Waals surface area contributed by atoms with Gasteiger partial charge in [0.05, 0.1) is 5.56 Å². The molecule has 5 nitrogen and oxygen atoms in total. The monoisotopic (exact) mass is 262 g/mol. The van der Waals surface area contributed by atoms with Crippen LogP contribution in [0.15, 0.2) is 18.3 Å². The molecule has 1 aromatic rings. The first kappa shape index (κ1) is 13.8. The van der Waals surface area contributed by atoms with Gasteiger partial charge in [0.2, 0.25) is 0 Å². The third-order valence-corrected chi connectivity index (χ3v) is 3.69. The fraction of sp³-hybridized carbons (Fsp3) is 0.571. The minimum Gasteiger partial charge on any atom is -0.354 e. The van der Waals surface area contributed by atoms with Crippen molar-refractivity contribution in [2.24, 2.45) is 11.7 Å². The first-order chi connectivity index (χ1) is 9.02. The van der Waals surface area contributed by atoms with Gasteiger partial charge in [0.15, 0.2) is 0 Å². The van der Waals surface area contributed by atoms with Gasteiger partial charge < -0.3 is 15.5 Å². The molecule has 1 saturated heterocycles. The third-order valence-electron chi connectivity index (χ3n) is 3.69. The van der Waals surface area contributed by atoms with Crippen molar-refractivity contribution in [3.8, 4) is 0 Å². The van der Waals surface area contributed by atoms with E-state index in [1.54, 1.807) is 25.2 Å². The number of hydrogen-bond donors (Lipinski definition) is 1. The summed E-state index contributed by atoms with van der Waals surface area (Å²) >= 11 is 0. The molecule has 1 amide bonds. The predicted octanol–water partition coefficient (Wildman–Crippen LogP) is 0.957. The first-order valence-electron chi connectivity index (χ1n) is 6.67. The maximum Gasteiger partial charge on any atom is 0.254 e. The van der Waals surface area contributed by atoms with Crippen LogP contribution in [0.25, 0.3) is 0 Å². The molecule has 2 rings (SSSR count). The van der Waals surface area contributed by atoms with Crippen LogP contribution in [-0.2, 0) is 0 Å². The van der Waals surface area contributed by atoms with E-state index in [-0.39, 0.29) is 5.91 Å². The highest BCUT2D eigenvalue weighted by Gasteiger charge is 2.28. The lowest BCUT2D eigenvalue weighted by Gasteiger charge is -2.22. The van der Waals surface area contributed by atoms with E-state index in [0.717, 1.165) is 25.3 Å². The summed E-state index contributed by atoms with van der Waals surface area (Å²) in [5.41, 5.74) is 6.36. The molecule has 5 heteroatoms. The molecule has 19 heavy (non-hydrogen) atoms. The SMILES string of the molecule is CC1CC(CN)CN1c1ccc(C(=O)N(C)C)cn1. The standard InChI is InChI=1S/C14H22N4O/c1-10-6-11(7-15)9-18(10)13-5-4-12(8-16-13)14(19)17(2)3/h4-5,8,10-11H,6-7,9,15H2,1-3H3. The lowest BCUT2D eigenvalue weighted by molar-refractivity contribution is 0.0827. The molecule has 2 atom stereocenters. The largest absolute Gasteiger partial charge is 0.354 e. The molecule has 1 aromatic heterocycles. The number of hydrogen-bond acceptors (Lipinski definition) is 4. The zero-order valence-electron chi connectivity index (χ0n) is 11.8. The van der Waals surface area contributed by atoms with Crippen LogP contribution in [0.3, 0.4) is 0 Å². The van der Waals surface area contributed by atoms with Crippen LogP contribution in [0.1, 0.15) is 23.7 Å². The number of amides is 1. The maximum atomic E-state index is 11.8. The average molecular weight is 262 g/mol. The summed E-state index contributed by atoms with van der Waals surface area (Å²) in [7, 11) is 3.48. The summed E-state index contributed by atoms with van der Waals surface area (Å²) in [6.07, 6.45) is 2.76. The Balaban J connectivity index is 2.13. The van der Waals surface area contributed by atoms with Gasteiger partial charge in [0.1, 0.15) is 5.82 Å². The van der Waals surface area contributed by atoms with E-state index in [1.165, 1.54) is 0 Å². The Bertz CT molecular complexity index is 443. The fourth-order valence-corrected chi connectivity index (χ4v) is 2.57. The minimum absolute atomic E-state index is 0.0200. The maximum absolute atomic E-state index is 11.8. The van der Waals surface area contributed by atoms with Crippen LogP contribution >= 0.6 is 0 Å². The van der Waals surface area contributed by atoms with E-state index in [0.29, 0.717) is 17.5 Å². The van der Waals surface area contributed by atoms with Crippen LogP contribution in [0, 0.1) is 5.92 Å². The second-order valence-corrected chi connectivity index (χ2v) is 5.44. The zero-order chi connectivity index (χ0) is 14.0. The molecule has 0 spiro atoms. The fourth-order valence-electron chi connectivity index (χ4n) is 2.57. The number of nitrogens with zero attached hydrogens (tertiary/aromatic N) is 3. The quantitative estimate of drug-likeness (QED) is 0.881. The van der Waals surface area contributed by atoms with Gasteiger partial charge >= 0.3 is 0 Å². The van der Waals surface area contributed by atoms with E-state index >= 15 is 0 Å². The van der Waals surface area contributed by atoms with Crippen LogP contribution in [0.2, 0.25) is 0 Å². The number of carbonyl (C=O) groups is 1. The van der Waals surface area contributed by atoms with Gasteiger partial charge in [0, 0.05) is 32.9 Å². The number of aromatic nitrogens is 1. The van der Waals surface area contributed by atoms with Crippen molar-refractivity contribution in [3.63, 3.8) is 0 Å². The van der Waals surface area contributed by atoms with Crippen molar-refractivity contribution in [2.45, 2.75) is 19.4 Å². The molecule has 0 radical (unpaired) electrons. The minimum atomic E-state index is -0.0200. The van der Waals surface area contributed by atoms with Gasteiger partial charge in [0.25, 0.3) is 5.91 Å². The van der Waals surface area contributed by atoms with Crippen molar-refractivity contribution >= 4 is 11.7 Å². The molecule has 0 aliphatic carbocycles. The van der Waals surface area contributed by atoms with E-state index in [9.17, 15) is 4.79 Å². The molecular formula is C14H22N4O. The number of carbonyl (C=O) groups excluding carboxylic acids is 1. The predicted molar refractivity (Wildman–Crippen MR) is 76.2 cm³/mol. The number of nitrogens with two attached hydrogens (primary N) is 1. The lowest BCUT2D eigenvalue weighted by Crippen LogP contribution is -2.28. The molecule has 2 N–H and O–H groups in total. The average Bonchev–Trinajstić information content (AvgIpc) is 2.79. The summed E-state index contributed by atoms with van der Waals surface area (Å²) in [5.74, 6) is 1.45. The molecule has 0 bridgehead atoms. The van der Waals surface area contributed by atoms with E-state index in [2.05, 4.69) is 16.8 Å². The molecule has 0 saturated carbocycles. The van der Waals surface area contributed by atoms with Crippen molar-refractivity contribution < 1.29 is 4.79 Å². The summed E-state index contributed by atoms with van der Waals surface area (Å²) in [6.45, 7) is 3.86. The van der Waals surface area contributed by atoms with Crippen molar-refractivity contribution in [2.75, 3.05) is 32.1 Å². The Labute approximate surface area is 114 Å². The zero-order valence-corrected chi connectivity index (χ0v) is 11.8. The van der Waals surface area contributed by atoms with Crippen LogP contribution < -0.4 is 10.6 Å². The van der Waals surface area contributed by atoms with Crippen LogP contribution in [0.4, 0.5) is 5.82 Å². The molecule has 2 unspecified atom stereocenters. The number of rotatable bonds is 3. The summed E-state index contributed by atoms with van der Waals surface area (Å²) < 4.78 is 0. The van der Waals surface area contributed by atoms with Gasteiger partial charge in [-0.1, -0.05) is 0 Å². The molecule has 0 aromatic carbocycles. The van der Waals surface area contributed by atoms with Gasteiger partial charge in [-0.05, 0) is 37.9 Å². The molecule has 2 heterocycles. The first-order valence-corrected chi connectivity index (χ1v) is 6.67. The summed E-state index contributed by atoms with van der Waals surface area (Å²) in [4.78, 5) is 20.0. The Morgan fingerprint density at radius 2 is 2.26 bits per heavy atom. The lowest BCUT2D eigenvalue weighted by atomic mass is 10.1. The van der Waals surface area contributed by atoms with Gasteiger partial charge in [-0.3, -0.25) is 4.79 Å².